The zero-order chi connectivity index (χ0) is 23.3. The van der Waals surface area contributed by atoms with E-state index in [1.54, 1.807) is 14.2 Å². The van der Waals surface area contributed by atoms with Gasteiger partial charge < -0.3 is 24.6 Å². The smallest absolute Gasteiger partial charge is 0.130 e. The molecule has 5 nitrogen and oxygen atoms in total. The Kier molecular flexibility index (Phi) is 7.21. The minimum absolute atomic E-state index is 0.448. The van der Waals surface area contributed by atoms with Crippen molar-refractivity contribution in [3.8, 4) is 28.4 Å². The molecule has 4 rings (SSSR count). The summed E-state index contributed by atoms with van der Waals surface area (Å²) in [6, 6.07) is 20.5. The number of hydrogen-bond acceptors (Lipinski definition) is 5. The molecule has 1 saturated carbocycles. The first-order valence-electron chi connectivity index (χ1n) is 11.5. The van der Waals surface area contributed by atoms with Crippen molar-refractivity contribution in [3.63, 3.8) is 0 Å². The van der Waals surface area contributed by atoms with Gasteiger partial charge in [-0.15, -0.1) is 0 Å². The second kappa shape index (κ2) is 10.3. The molecule has 1 fully saturated rings. The number of aliphatic hydroxyl groups is 1. The van der Waals surface area contributed by atoms with Gasteiger partial charge in [-0.3, -0.25) is 0 Å². The van der Waals surface area contributed by atoms with Crippen molar-refractivity contribution in [1.29, 1.82) is 0 Å². The predicted molar refractivity (Wildman–Crippen MR) is 131 cm³/mol. The first-order valence-corrected chi connectivity index (χ1v) is 11.5. The highest BCUT2D eigenvalue weighted by Crippen LogP contribution is 2.36. The highest BCUT2D eigenvalue weighted by atomic mass is 16.5. The van der Waals surface area contributed by atoms with Gasteiger partial charge in [0.1, 0.15) is 23.9 Å². The maximum atomic E-state index is 10.3. The largest absolute Gasteiger partial charge is 0.496 e. The lowest BCUT2D eigenvalue weighted by molar-refractivity contribution is -0.0315. The Morgan fingerprint density at radius 1 is 0.939 bits per heavy atom. The molecular formula is C28H33NO4. The summed E-state index contributed by atoms with van der Waals surface area (Å²) in [5.41, 5.74) is 5.09. The molecule has 0 atom stereocenters. The number of methoxy groups -OCH3 is 2. The van der Waals surface area contributed by atoms with E-state index in [2.05, 4.69) is 54.7 Å². The standard InChI is InChI=1S/C28H33NO4/c1-20-22(11-7-12-24(20)21-9-5-4-6-10-21)18-33-23-15-26(31-2)25(27(16-23)32-3)17-29-19-28(30)13-8-14-28/h4-7,9-12,15-16,29-30H,8,13-14,17-19H2,1-3H3. The Morgan fingerprint density at radius 2 is 1.64 bits per heavy atom. The second-order valence-corrected chi connectivity index (χ2v) is 8.73. The van der Waals surface area contributed by atoms with Crippen LogP contribution in [-0.2, 0) is 13.2 Å². The molecule has 0 amide bonds. The molecule has 0 saturated heterocycles. The van der Waals surface area contributed by atoms with E-state index >= 15 is 0 Å². The van der Waals surface area contributed by atoms with Gasteiger partial charge in [-0.05, 0) is 48.4 Å². The van der Waals surface area contributed by atoms with Crippen LogP contribution in [0.4, 0.5) is 0 Å². The fourth-order valence-electron chi connectivity index (χ4n) is 4.33. The molecule has 0 aromatic heterocycles. The Bertz CT molecular complexity index is 1050. The van der Waals surface area contributed by atoms with Gasteiger partial charge in [-0.1, -0.05) is 48.5 Å². The van der Waals surface area contributed by atoms with Crippen molar-refractivity contribution < 1.29 is 19.3 Å². The zero-order valence-electron chi connectivity index (χ0n) is 19.7. The van der Waals surface area contributed by atoms with E-state index in [0.717, 1.165) is 30.4 Å². The van der Waals surface area contributed by atoms with Crippen LogP contribution in [0.1, 0.15) is 36.0 Å². The summed E-state index contributed by atoms with van der Waals surface area (Å²) >= 11 is 0. The fourth-order valence-corrected chi connectivity index (χ4v) is 4.33. The van der Waals surface area contributed by atoms with Crippen molar-refractivity contribution in [2.24, 2.45) is 0 Å². The second-order valence-electron chi connectivity index (χ2n) is 8.73. The normalized spacial score (nSPS) is 14.4. The van der Waals surface area contributed by atoms with E-state index in [4.69, 9.17) is 14.2 Å². The fraction of sp³-hybridized carbons (Fsp3) is 0.357. The Balaban J connectivity index is 1.48. The van der Waals surface area contributed by atoms with Crippen molar-refractivity contribution >= 4 is 0 Å². The Morgan fingerprint density at radius 3 is 2.24 bits per heavy atom. The monoisotopic (exact) mass is 447 g/mol. The van der Waals surface area contributed by atoms with Gasteiger partial charge in [0.05, 0.1) is 25.4 Å². The highest BCUT2D eigenvalue weighted by Gasteiger charge is 2.33. The SMILES string of the molecule is COc1cc(OCc2cccc(-c3ccccc3)c2C)cc(OC)c1CNCC1(O)CCC1. The lowest BCUT2D eigenvalue weighted by Gasteiger charge is -2.36. The van der Waals surface area contributed by atoms with Crippen molar-refractivity contribution in [2.45, 2.75) is 44.9 Å². The molecule has 0 unspecified atom stereocenters. The van der Waals surface area contributed by atoms with Gasteiger partial charge in [0.15, 0.2) is 0 Å². The molecule has 3 aromatic rings. The summed E-state index contributed by atoms with van der Waals surface area (Å²) < 4.78 is 17.5. The van der Waals surface area contributed by atoms with Crippen LogP contribution in [0.15, 0.2) is 60.7 Å². The van der Waals surface area contributed by atoms with Crippen LogP contribution < -0.4 is 19.5 Å². The zero-order valence-corrected chi connectivity index (χ0v) is 19.7. The van der Waals surface area contributed by atoms with Crippen LogP contribution in [0.25, 0.3) is 11.1 Å². The summed E-state index contributed by atoms with van der Waals surface area (Å²) in [4.78, 5) is 0. The lowest BCUT2D eigenvalue weighted by Crippen LogP contribution is -2.46. The molecule has 0 heterocycles. The third-order valence-corrected chi connectivity index (χ3v) is 6.55. The van der Waals surface area contributed by atoms with Crippen molar-refractivity contribution in [1.82, 2.24) is 5.32 Å². The molecule has 0 aliphatic heterocycles. The summed E-state index contributed by atoms with van der Waals surface area (Å²) in [5.74, 6) is 2.09. The molecule has 174 valence electrons. The van der Waals surface area contributed by atoms with E-state index in [9.17, 15) is 5.11 Å². The van der Waals surface area contributed by atoms with Crippen LogP contribution in [0.5, 0.6) is 17.2 Å². The topological polar surface area (TPSA) is 60.0 Å². The molecule has 0 radical (unpaired) electrons. The summed E-state index contributed by atoms with van der Waals surface area (Å²) in [5, 5.41) is 13.7. The first kappa shape index (κ1) is 23.1. The third-order valence-electron chi connectivity index (χ3n) is 6.55. The van der Waals surface area contributed by atoms with E-state index in [-0.39, 0.29) is 0 Å². The minimum Gasteiger partial charge on any atom is -0.496 e. The summed E-state index contributed by atoms with van der Waals surface area (Å²) in [6.45, 7) is 3.69. The number of benzene rings is 3. The van der Waals surface area contributed by atoms with Gasteiger partial charge in [0.25, 0.3) is 0 Å². The molecule has 2 N–H and O–H groups in total. The molecule has 0 spiro atoms. The van der Waals surface area contributed by atoms with Crippen LogP contribution in [0, 0.1) is 6.92 Å². The van der Waals surface area contributed by atoms with E-state index in [1.807, 2.05) is 18.2 Å². The third kappa shape index (κ3) is 5.32. The maximum Gasteiger partial charge on any atom is 0.130 e. The molecule has 1 aliphatic carbocycles. The summed E-state index contributed by atoms with van der Waals surface area (Å²) in [7, 11) is 3.30. The number of nitrogens with one attached hydrogen (secondary N) is 1. The molecular weight excluding hydrogens is 414 g/mol. The van der Waals surface area contributed by atoms with Gasteiger partial charge in [-0.25, -0.2) is 0 Å². The van der Waals surface area contributed by atoms with Crippen LogP contribution >= 0.6 is 0 Å². The predicted octanol–water partition coefficient (Wildman–Crippen LogP) is 5.26. The van der Waals surface area contributed by atoms with Gasteiger partial charge >= 0.3 is 0 Å². The molecule has 3 aromatic carbocycles. The quantitative estimate of drug-likeness (QED) is 0.444. The lowest BCUT2D eigenvalue weighted by atomic mass is 9.80. The average molecular weight is 448 g/mol. The van der Waals surface area contributed by atoms with E-state index in [1.165, 1.54) is 16.7 Å². The average Bonchev–Trinajstić information content (AvgIpc) is 2.83. The van der Waals surface area contributed by atoms with Gasteiger partial charge in [-0.2, -0.15) is 0 Å². The van der Waals surface area contributed by atoms with Crippen LogP contribution in [-0.4, -0.2) is 31.5 Å². The van der Waals surface area contributed by atoms with E-state index < -0.39 is 5.60 Å². The minimum atomic E-state index is -0.574. The molecule has 33 heavy (non-hydrogen) atoms. The Hall–Kier alpha value is -3.02. The van der Waals surface area contributed by atoms with Crippen molar-refractivity contribution in [2.75, 3.05) is 20.8 Å². The van der Waals surface area contributed by atoms with E-state index in [0.29, 0.717) is 36.9 Å². The first-order chi connectivity index (χ1) is 16.0. The Labute approximate surface area is 196 Å². The van der Waals surface area contributed by atoms with Crippen LogP contribution in [0.2, 0.25) is 0 Å². The molecule has 5 heteroatoms. The van der Waals surface area contributed by atoms with Crippen molar-refractivity contribution in [3.05, 3.63) is 77.4 Å². The number of rotatable bonds is 10. The number of ether oxygens (including phenoxy) is 3. The summed E-state index contributed by atoms with van der Waals surface area (Å²) in [6.07, 6.45) is 2.79. The maximum absolute atomic E-state index is 10.3. The van der Waals surface area contributed by atoms with Crippen LogP contribution in [0.3, 0.4) is 0 Å². The van der Waals surface area contributed by atoms with Gasteiger partial charge in [0, 0.05) is 25.2 Å². The molecule has 1 aliphatic rings. The highest BCUT2D eigenvalue weighted by molar-refractivity contribution is 5.68. The number of hydrogen-bond donors (Lipinski definition) is 2. The molecule has 0 bridgehead atoms. The van der Waals surface area contributed by atoms with Gasteiger partial charge in [0.2, 0.25) is 0 Å².